The van der Waals surface area contributed by atoms with Gasteiger partial charge in [-0.1, -0.05) is 69.8 Å². The molecule has 0 aromatic carbocycles. The summed E-state index contributed by atoms with van der Waals surface area (Å²) in [6, 6.07) is 0. The van der Waals surface area contributed by atoms with Crippen LogP contribution in [0.1, 0.15) is 84.0 Å². The molecule has 0 amide bonds. The van der Waals surface area contributed by atoms with E-state index in [0.29, 0.717) is 6.42 Å². The summed E-state index contributed by atoms with van der Waals surface area (Å²) < 4.78 is 0. The van der Waals surface area contributed by atoms with Crippen molar-refractivity contribution in [1.29, 1.82) is 0 Å². The van der Waals surface area contributed by atoms with Crippen molar-refractivity contribution in [2.45, 2.75) is 84.0 Å². The fourth-order valence-corrected chi connectivity index (χ4v) is 2.09. The van der Waals surface area contributed by atoms with E-state index in [0.717, 1.165) is 12.8 Å². The van der Waals surface area contributed by atoms with Crippen LogP contribution in [0.2, 0.25) is 0 Å². The van der Waals surface area contributed by atoms with E-state index in [9.17, 15) is 9.90 Å². The van der Waals surface area contributed by atoms with Crippen LogP contribution >= 0.6 is 0 Å². The molecule has 0 aliphatic carbocycles. The Kier molecular flexibility index (Phi) is 15.2. The third kappa shape index (κ3) is 16.9. The van der Waals surface area contributed by atoms with Crippen LogP contribution in [-0.2, 0) is 4.79 Å². The predicted octanol–water partition coefficient (Wildman–Crippen LogP) is 4.55. The smallest absolute Gasteiger partial charge is 0.0414 e. The first-order chi connectivity index (χ1) is 9.77. The molecule has 2 nitrogen and oxygen atoms in total. The van der Waals surface area contributed by atoms with E-state index in [4.69, 9.17) is 0 Å². The predicted molar refractivity (Wildman–Crippen MR) is 84.4 cm³/mol. The Balaban J connectivity index is 3.19. The summed E-state index contributed by atoms with van der Waals surface area (Å²) in [7, 11) is 0. The van der Waals surface area contributed by atoms with Gasteiger partial charge in [-0.05, 0) is 38.5 Å². The molecule has 0 spiro atoms. The van der Waals surface area contributed by atoms with Crippen LogP contribution in [0.5, 0.6) is 0 Å². The molecule has 0 aromatic rings. The second kappa shape index (κ2) is 16.0. The van der Waals surface area contributed by atoms with E-state index in [2.05, 4.69) is 31.2 Å². The summed E-state index contributed by atoms with van der Waals surface area (Å²) in [6.07, 6.45) is 22.0. The number of hydrogen-bond donors (Lipinski definition) is 0. The maximum Gasteiger partial charge on any atom is 0.0414 e. The van der Waals surface area contributed by atoms with Crippen molar-refractivity contribution in [3.63, 3.8) is 0 Å². The Labute approximate surface area is 125 Å². The summed E-state index contributed by atoms with van der Waals surface area (Å²) in [5.41, 5.74) is 0. The summed E-state index contributed by atoms with van der Waals surface area (Å²) >= 11 is 0. The molecule has 0 atom stereocenters. The highest BCUT2D eigenvalue weighted by Gasteiger charge is 1.89. The fourth-order valence-electron chi connectivity index (χ4n) is 2.09. The SMILES string of the molecule is CCCCCCCCC/C=C\C/C=C\CCCC(=O)[O-]. The van der Waals surface area contributed by atoms with Crippen LogP contribution in [0.25, 0.3) is 0 Å². The van der Waals surface area contributed by atoms with Gasteiger partial charge in [0.15, 0.2) is 0 Å². The van der Waals surface area contributed by atoms with Gasteiger partial charge in [-0.2, -0.15) is 0 Å². The Morgan fingerprint density at radius 3 is 1.95 bits per heavy atom. The van der Waals surface area contributed by atoms with Crippen molar-refractivity contribution < 1.29 is 9.90 Å². The lowest BCUT2D eigenvalue weighted by Gasteiger charge is -1.98. The monoisotopic (exact) mass is 279 g/mol. The molecule has 0 heterocycles. The molecule has 0 aromatic heterocycles. The number of allylic oxidation sites excluding steroid dienone is 4. The molecule has 116 valence electrons. The van der Waals surface area contributed by atoms with Crippen molar-refractivity contribution in [3.05, 3.63) is 24.3 Å². The van der Waals surface area contributed by atoms with Gasteiger partial charge in [0.2, 0.25) is 0 Å². The molecule has 0 bridgehead atoms. The number of carbonyl (C=O) groups excluding carboxylic acids is 1. The number of carbonyl (C=O) groups is 1. The van der Waals surface area contributed by atoms with E-state index in [-0.39, 0.29) is 6.42 Å². The van der Waals surface area contributed by atoms with Crippen molar-refractivity contribution in [2.24, 2.45) is 0 Å². The molecule has 0 saturated heterocycles. The second-order valence-electron chi connectivity index (χ2n) is 5.35. The first kappa shape index (κ1) is 18.9. The zero-order valence-corrected chi connectivity index (χ0v) is 13.1. The van der Waals surface area contributed by atoms with E-state index in [1.54, 1.807) is 0 Å². The Morgan fingerprint density at radius 1 is 0.800 bits per heavy atom. The second-order valence-corrected chi connectivity index (χ2v) is 5.35. The van der Waals surface area contributed by atoms with Gasteiger partial charge in [-0.25, -0.2) is 0 Å². The first-order valence-corrected chi connectivity index (χ1v) is 8.27. The van der Waals surface area contributed by atoms with Gasteiger partial charge in [-0.15, -0.1) is 0 Å². The molecular formula is C18H31O2-. The minimum atomic E-state index is -0.951. The minimum absolute atomic E-state index is 0.165. The average molecular weight is 279 g/mol. The fraction of sp³-hybridized carbons (Fsp3) is 0.722. The highest BCUT2D eigenvalue weighted by Crippen LogP contribution is 2.08. The molecule has 2 heteroatoms. The van der Waals surface area contributed by atoms with E-state index in [1.165, 1.54) is 51.4 Å². The molecule has 20 heavy (non-hydrogen) atoms. The van der Waals surface area contributed by atoms with Crippen LogP contribution < -0.4 is 5.11 Å². The summed E-state index contributed by atoms with van der Waals surface area (Å²) in [6.45, 7) is 2.25. The average Bonchev–Trinajstić information content (AvgIpc) is 2.43. The maximum atomic E-state index is 10.2. The molecule has 0 radical (unpaired) electrons. The normalized spacial score (nSPS) is 11.7. The van der Waals surface area contributed by atoms with Gasteiger partial charge in [0, 0.05) is 5.97 Å². The minimum Gasteiger partial charge on any atom is -0.550 e. The van der Waals surface area contributed by atoms with Crippen molar-refractivity contribution >= 4 is 5.97 Å². The Morgan fingerprint density at radius 2 is 1.35 bits per heavy atom. The molecule has 0 saturated carbocycles. The molecular weight excluding hydrogens is 248 g/mol. The Bertz CT molecular complexity index is 267. The number of hydrogen-bond acceptors (Lipinski definition) is 2. The summed E-state index contributed by atoms with van der Waals surface area (Å²) in [5.74, 6) is -0.951. The van der Waals surface area contributed by atoms with Crippen molar-refractivity contribution in [2.75, 3.05) is 0 Å². The zero-order valence-electron chi connectivity index (χ0n) is 13.1. The quantitative estimate of drug-likeness (QED) is 0.346. The number of rotatable bonds is 14. The van der Waals surface area contributed by atoms with Gasteiger partial charge < -0.3 is 9.90 Å². The molecule has 0 unspecified atom stereocenters. The van der Waals surface area contributed by atoms with Gasteiger partial charge >= 0.3 is 0 Å². The van der Waals surface area contributed by atoms with Crippen LogP contribution in [0.3, 0.4) is 0 Å². The van der Waals surface area contributed by atoms with Gasteiger partial charge in [0.05, 0.1) is 0 Å². The van der Waals surface area contributed by atoms with Crippen molar-refractivity contribution in [1.82, 2.24) is 0 Å². The summed E-state index contributed by atoms with van der Waals surface area (Å²) in [5, 5.41) is 10.2. The lowest BCUT2D eigenvalue weighted by molar-refractivity contribution is -0.305. The van der Waals surface area contributed by atoms with Crippen LogP contribution in [0.4, 0.5) is 0 Å². The van der Waals surface area contributed by atoms with Gasteiger partial charge in [0.25, 0.3) is 0 Å². The Hall–Kier alpha value is -1.05. The lowest BCUT2D eigenvalue weighted by Crippen LogP contribution is -2.21. The van der Waals surface area contributed by atoms with Crippen molar-refractivity contribution in [3.8, 4) is 0 Å². The topological polar surface area (TPSA) is 40.1 Å². The van der Waals surface area contributed by atoms with Crippen LogP contribution in [0.15, 0.2) is 24.3 Å². The number of carboxylic acids is 1. The number of carboxylic acid groups (broad SMARTS) is 1. The first-order valence-electron chi connectivity index (χ1n) is 8.27. The molecule has 0 N–H and O–H groups in total. The number of aliphatic carboxylic acids is 1. The molecule has 0 aliphatic rings. The molecule has 0 fully saturated rings. The highest BCUT2D eigenvalue weighted by molar-refractivity contribution is 5.64. The molecule has 0 rings (SSSR count). The third-order valence-electron chi connectivity index (χ3n) is 3.33. The van der Waals surface area contributed by atoms with Crippen LogP contribution in [-0.4, -0.2) is 5.97 Å². The third-order valence-corrected chi connectivity index (χ3v) is 3.33. The van der Waals surface area contributed by atoms with Gasteiger partial charge in [0.1, 0.15) is 0 Å². The number of unbranched alkanes of at least 4 members (excludes halogenated alkanes) is 8. The summed E-state index contributed by atoms with van der Waals surface area (Å²) in [4.78, 5) is 10.2. The lowest BCUT2D eigenvalue weighted by atomic mass is 10.1. The highest BCUT2D eigenvalue weighted by atomic mass is 16.4. The standard InChI is InChI=1S/C18H32O2/c1-2-3-4-5-6-7-8-9-10-11-12-13-14-15-16-17-18(19)20/h10-11,13-14H,2-9,12,15-17H2,1H3,(H,19,20)/p-1/b11-10-,14-13-. The van der Waals surface area contributed by atoms with E-state index >= 15 is 0 Å². The van der Waals surface area contributed by atoms with Gasteiger partial charge in [-0.3, -0.25) is 0 Å². The van der Waals surface area contributed by atoms with Crippen LogP contribution in [0, 0.1) is 0 Å². The zero-order chi connectivity index (χ0) is 14.9. The largest absolute Gasteiger partial charge is 0.550 e. The molecule has 0 aliphatic heterocycles. The van der Waals surface area contributed by atoms with E-state index < -0.39 is 5.97 Å². The maximum absolute atomic E-state index is 10.2. The van der Waals surface area contributed by atoms with E-state index in [1.807, 2.05) is 0 Å².